The van der Waals surface area contributed by atoms with E-state index in [1.165, 1.54) is 75.5 Å². The maximum atomic E-state index is 14.0. The minimum absolute atomic E-state index is 0.120. The maximum Gasteiger partial charge on any atom is 0.245 e. The van der Waals surface area contributed by atoms with Crippen molar-refractivity contribution in [2.45, 2.75) is 185 Å². The second-order valence-electron chi connectivity index (χ2n) is 15.2. The van der Waals surface area contributed by atoms with Crippen molar-refractivity contribution in [1.29, 1.82) is 0 Å². The molecule has 11 N–H and O–H groups in total. The van der Waals surface area contributed by atoms with Crippen molar-refractivity contribution in [2.24, 2.45) is 23.1 Å². The summed E-state index contributed by atoms with van der Waals surface area (Å²) in [5, 5.41) is 36.6. The van der Waals surface area contributed by atoms with E-state index in [4.69, 9.17) is 21.9 Å². The molecule has 0 radical (unpaired) electrons. The summed E-state index contributed by atoms with van der Waals surface area (Å²) in [6, 6.07) is -1.56. The highest BCUT2D eigenvalue weighted by molar-refractivity contribution is 6.06. The Balaban J connectivity index is 3.02. The lowest BCUT2D eigenvalue weighted by atomic mass is 9.82. The van der Waals surface area contributed by atoms with Crippen molar-refractivity contribution >= 4 is 29.3 Å². The van der Waals surface area contributed by atoms with Crippen LogP contribution in [0.3, 0.4) is 0 Å². The molecule has 15 heteroatoms. The van der Waals surface area contributed by atoms with E-state index in [1.807, 2.05) is 0 Å². The first kappa shape index (κ1) is 50.5. The fourth-order valence-corrected chi connectivity index (χ4v) is 7.08. The van der Waals surface area contributed by atoms with Crippen molar-refractivity contribution in [3.05, 3.63) is 0 Å². The van der Waals surface area contributed by atoms with Gasteiger partial charge in [0.2, 0.25) is 23.6 Å². The normalized spacial score (nSPS) is 21.5. The largest absolute Gasteiger partial charge is 0.394 e. The summed E-state index contributed by atoms with van der Waals surface area (Å²) in [7, 11) is 0. The second-order valence-corrected chi connectivity index (χ2v) is 15.2. The third kappa shape index (κ3) is 19.0. The third-order valence-corrected chi connectivity index (χ3v) is 10.6. The molecule has 6 atom stereocenters. The number of ether oxygens (including phenoxy) is 1. The molecule has 1 rings (SSSR count). The number of carbonyl (C=O) groups excluding carboxylic acids is 5. The predicted octanol–water partition coefficient (Wildman–Crippen LogP) is 2.44. The van der Waals surface area contributed by atoms with Gasteiger partial charge >= 0.3 is 0 Å². The molecule has 1 fully saturated rings. The number of nitrogens with one attached hydrogen (secondary N) is 2. The standard InChI is InChI=1S/C40H76N6O9/c1-3-5-7-9-11-13-14-15-17-19-21-23-25-46(34(51)24-22-20-18-16-12-10-8-6-4-2)40(43)35(38(53)37(52)32(29-47)55-40)31(49)27-44-33(50)28-45-39(54)36(42)30(48)26-41/h32,35-38,47,52-53H,3-29,41-43H2,1-2H3,(H,44,50)(H,45,54)/t32-,35-,36?,37-,38-,40+/m1/s1. The van der Waals surface area contributed by atoms with Gasteiger partial charge in [-0.25, -0.2) is 0 Å². The number of aliphatic hydroxyl groups excluding tert-OH is 3. The van der Waals surface area contributed by atoms with Gasteiger partial charge in [0, 0.05) is 13.0 Å². The van der Waals surface area contributed by atoms with Gasteiger partial charge in [-0.05, 0) is 12.8 Å². The molecule has 0 aromatic heterocycles. The Labute approximate surface area is 329 Å². The highest BCUT2D eigenvalue weighted by atomic mass is 16.6. The van der Waals surface area contributed by atoms with Crippen molar-refractivity contribution in [1.82, 2.24) is 15.5 Å². The van der Waals surface area contributed by atoms with E-state index in [0.29, 0.717) is 12.8 Å². The molecule has 1 saturated heterocycles. The van der Waals surface area contributed by atoms with Gasteiger partial charge in [0.1, 0.15) is 24.2 Å². The number of hydrogen-bond acceptors (Lipinski definition) is 12. The summed E-state index contributed by atoms with van der Waals surface area (Å²) in [5.74, 6) is -7.61. The molecule has 0 saturated carbocycles. The minimum Gasteiger partial charge on any atom is -0.394 e. The Morgan fingerprint density at radius 1 is 0.709 bits per heavy atom. The molecular formula is C40H76N6O9. The molecule has 0 bridgehead atoms. The SMILES string of the molecule is CCCCCCCCCCCCCCN(C(=O)CCCCCCCCCCC)[C@]1(N)O[C@H](CO)[C@@H](O)[C@H](O)[C@H]1C(=O)CNC(=O)CNC(=O)C(N)C(=O)CN. The van der Waals surface area contributed by atoms with E-state index in [1.54, 1.807) is 0 Å². The highest BCUT2D eigenvalue weighted by Crippen LogP contribution is 2.36. The van der Waals surface area contributed by atoms with Gasteiger partial charge in [-0.3, -0.25) is 29.7 Å². The van der Waals surface area contributed by atoms with Gasteiger partial charge in [0.15, 0.2) is 11.6 Å². The van der Waals surface area contributed by atoms with E-state index < -0.39 is 85.7 Å². The summed E-state index contributed by atoms with van der Waals surface area (Å²) in [6.07, 6.45) is 17.9. The number of carbonyl (C=O) groups is 5. The number of nitrogens with zero attached hydrogens (tertiary/aromatic N) is 1. The molecule has 1 heterocycles. The average molecular weight is 785 g/mol. The summed E-state index contributed by atoms with van der Waals surface area (Å²) >= 11 is 0. The van der Waals surface area contributed by atoms with Crippen molar-refractivity contribution < 1.29 is 44.0 Å². The zero-order valence-electron chi connectivity index (χ0n) is 33.9. The maximum absolute atomic E-state index is 14.0. The third-order valence-electron chi connectivity index (χ3n) is 10.6. The first-order chi connectivity index (χ1) is 26.4. The number of unbranched alkanes of at least 4 members (excludes halogenated alkanes) is 19. The van der Waals surface area contributed by atoms with Crippen molar-refractivity contribution in [3.8, 4) is 0 Å². The molecule has 15 nitrogen and oxygen atoms in total. The van der Waals surface area contributed by atoms with Crippen LogP contribution in [-0.4, -0.2) is 112 Å². The van der Waals surface area contributed by atoms with Crippen LogP contribution in [0.5, 0.6) is 0 Å². The van der Waals surface area contributed by atoms with Gasteiger partial charge in [-0.15, -0.1) is 0 Å². The fraction of sp³-hybridized carbons (Fsp3) is 0.875. The average Bonchev–Trinajstić information content (AvgIpc) is 3.17. The quantitative estimate of drug-likeness (QED) is 0.0271. The number of nitrogens with two attached hydrogens (primary N) is 3. The van der Waals surface area contributed by atoms with E-state index in [-0.39, 0.29) is 18.9 Å². The zero-order chi connectivity index (χ0) is 41.1. The number of ketones is 2. The Hall–Kier alpha value is -2.53. The van der Waals surface area contributed by atoms with Gasteiger partial charge in [-0.2, -0.15) is 0 Å². The Morgan fingerprint density at radius 2 is 1.18 bits per heavy atom. The number of rotatable bonds is 33. The van der Waals surface area contributed by atoms with Gasteiger partial charge in [-0.1, -0.05) is 136 Å². The van der Waals surface area contributed by atoms with E-state index in [9.17, 15) is 39.3 Å². The molecule has 1 unspecified atom stereocenters. The van der Waals surface area contributed by atoms with Crippen molar-refractivity contribution in [2.75, 3.05) is 32.8 Å². The van der Waals surface area contributed by atoms with Gasteiger partial charge in [0.25, 0.3) is 0 Å². The highest BCUT2D eigenvalue weighted by Gasteiger charge is 2.58. The predicted molar refractivity (Wildman–Crippen MR) is 212 cm³/mol. The topological polar surface area (TPSA) is 261 Å². The van der Waals surface area contributed by atoms with Gasteiger partial charge in [0.05, 0.1) is 32.3 Å². The van der Waals surface area contributed by atoms with E-state index in [0.717, 1.165) is 51.4 Å². The van der Waals surface area contributed by atoms with Crippen LogP contribution in [0.15, 0.2) is 0 Å². The summed E-state index contributed by atoms with van der Waals surface area (Å²) < 4.78 is 5.99. The smallest absolute Gasteiger partial charge is 0.245 e. The first-order valence-corrected chi connectivity index (χ1v) is 21.2. The molecule has 1 aliphatic rings. The molecule has 3 amide bonds. The van der Waals surface area contributed by atoms with Crippen LogP contribution in [0.4, 0.5) is 0 Å². The van der Waals surface area contributed by atoms with E-state index >= 15 is 0 Å². The molecule has 0 aromatic carbocycles. The van der Waals surface area contributed by atoms with Crippen molar-refractivity contribution in [3.63, 3.8) is 0 Å². The van der Waals surface area contributed by atoms with Crippen LogP contribution in [0, 0.1) is 5.92 Å². The van der Waals surface area contributed by atoms with Crippen LogP contribution in [0.25, 0.3) is 0 Å². The first-order valence-electron chi connectivity index (χ1n) is 21.2. The monoisotopic (exact) mass is 785 g/mol. The molecule has 0 aromatic rings. The Bertz CT molecular complexity index is 1110. The van der Waals surface area contributed by atoms with Crippen LogP contribution in [-0.2, 0) is 28.7 Å². The fourth-order valence-electron chi connectivity index (χ4n) is 7.08. The number of hydrogen-bond donors (Lipinski definition) is 8. The molecule has 55 heavy (non-hydrogen) atoms. The molecule has 1 aliphatic heterocycles. The van der Waals surface area contributed by atoms with Crippen LogP contribution >= 0.6 is 0 Å². The number of amides is 3. The number of Topliss-reactive ketones (excluding diaryl/α,β-unsaturated/α-hetero) is 2. The minimum atomic E-state index is -2.24. The lowest BCUT2D eigenvalue weighted by molar-refractivity contribution is -0.291. The van der Waals surface area contributed by atoms with Crippen LogP contribution in [0.2, 0.25) is 0 Å². The van der Waals surface area contributed by atoms with Crippen LogP contribution in [0.1, 0.15) is 155 Å². The summed E-state index contributed by atoms with van der Waals surface area (Å²) in [5.41, 5.74) is 17.6. The lowest BCUT2D eigenvalue weighted by Gasteiger charge is -2.52. The molecule has 0 aliphatic carbocycles. The summed E-state index contributed by atoms with van der Waals surface area (Å²) in [4.78, 5) is 65.2. The molecule has 320 valence electrons. The Morgan fingerprint density at radius 3 is 1.65 bits per heavy atom. The van der Waals surface area contributed by atoms with E-state index in [2.05, 4.69) is 24.5 Å². The molecule has 0 spiro atoms. The van der Waals surface area contributed by atoms with Gasteiger partial charge < -0.3 is 47.1 Å². The lowest BCUT2D eigenvalue weighted by Crippen LogP contribution is -2.75. The zero-order valence-corrected chi connectivity index (χ0v) is 33.9. The molecular weight excluding hydrogens is 708 g/mol. The number of aliphatic hydroxyl groups is 3. The summed E-state index contributed by atoms with van der Waals surface area (Å²) in [6.45, 7) is 2.02. The second kappa shape index (κ2) is 29.7. The Kier molecular flexibility index (Phi) is 27.2. The van der Waals surface area contributed by atoms with Crippen LogP contribution < -0.4 is 27.8 Å².